The molecule has 0 aliphatic heterocycles. The van der Waals surface area contributed by atoms with Crippen LogP contribution in [0.2, 0.25) is 0 Å². The topological polar surface area (TPSA) is 51.2 Å². The lowest BCUT2D eigenvalue weighted by molar-refractivity contribution is -0.142. The van der Waals surface area contributed by atoms with Gasteiger partial charge < -0.3 is 4.74 Å². The van der Waals surface area contributed by atoms with E-state index in [0.29, 0.717) is 6.61 Å². The Kier molecular flexibility index (Phi) is 4.28. The summed E-state index contributed by atoms with van der Waals surface area (Å²) in [4.78, 5) is 15.8. The van der Waals surface area contributed by atoms with Crippen molar-refractivity contribution in [3.05, 3.63) is 29.3 Å². The number of hydrogen-bond acceptors (Lipinski definition) is 5. The van der Waals surface area contributed by atoms with Crippen molar-refractivity contribution in [3.63, 3.8) is 0 Å². The fourth-order valence-corrected chi connectivity index (χ4v) is 2.61. The zero-order valence-electron chi connectivity index (χ0n) is 10.5. The summed E-state index contributed by atoms with van der Waals surface area (Å²) in [6, 6.07) is 8.07. The number of aromatic nitrogens is 1. The summed E-state index contributed by atoms with van der Waals surface area (Å²) in [5.74, 6) is -0.231. The summed E-state index contributed by atoms with van der Waals surface area (Å²) < 4.78 is 6.03. The quantitative estimate of drug-likeness (QED) is 0.843. The van der Waals surface area contributed by atoms with Crippen molar-refractivity contribution in [2.45, 2.75) is 19.9 Å². The van der Waals surface area contributed by atoms with Crippen LogP contribution in [0.25, 0.3) is 10.2 Å². The summed E-state index contributed by atoms with van der Waals surface area (Å²) in [6.45, 7) is 4.42. The standard InChI is InChI=1S/C13H16N2O2S/c1-3-17-12(16)8-14-9(2)13-15-10-6-4-5-7-11(10)18-13/h4-7,9,14H,3,8H2,1-2H3. The summed E-state index contributed by atoms with van der Waals surface area (Å²) >= 11 is 1.64. The van der Waals surface area contributed by atoms with Gasteiger partial charge in [0.25, 0.3) is 0 Å². The van der Waals surface area contributed by atoms with E-state index in [-0.39, 0.29) is 18.6 Å². The Morgan fingerprint density at radius 2 is 2.28 bits per heavy atom. The number of nitrogens with one attached hydrogen (secondary N) is 1. The van der Waals surface area contributed by atoms with E-state index in [1.165, 1.54) is 0 Å². The molecule has 5 heteroatoms. The molecule has 1 unspecified atom stereocenters. The van der Waals surface area contributed by atoms with Gasteiger partial charge >= 0.3 is 5.97 Å². The van der Waals surface area contributed by atoms with Crippen molar-refractivity contribution >= 4 is 27.5 Å². The molecule has 0 aliphatic carbocycles. The van der Waals surface area contributed by atoms with Gasteiger partial charge in [0.15, 0.2) is 0 Å². The first-order valence-electron chi connectivity index (χ1n) is 5.95. The van der Waals surface area contributed by atoms with E-state index in [4.69, 9.17) is 4.74 Å². The van der Waals surface area contributed by atoms with Gasteiger partial charge in [-0.15, -0.1) is 11.3 Å². The molecule has 0 saturated heterocycles. The lowest BCUT2D eigenvalue weighted by Gasteiger charge is -2.09. The van der Waals surface area contributed by atoms with E-state index in [9.17, 15) is 4.79 Å². The summed E-state index contributed by atoms with van der Waals surface area (Å²) in [7, 11) is 0. The van der Waals surface area contributed by atoms with E-state index in [1.54, 1.807) is 18.3 Å². The molecule has 2 rings (SSSR count). The fraction of sp³-hybridized carbons (Fsp3) is 0.385. The number of carbonyl (C=O) groups excluding carboxylic acids is 1. The van der Waals surface area contributed by atoms with Crippen LogP contribution in [0.1, 0.15) is 24.9 Å². The molecule has 96 valence electrons. The summed E-state index contributed by atoms with van der Waals surface area (Å²) in [6.07, 6.45) is 0. The molecule has 0 saturated carbocycles. The largest absolute Gasteiger partial charge is 0.465 e. The molecule has 2 aromatic rings. The van der Waals surface area contributed by atoms with Crippen LogP contribution < -0.4 is 5.32 Å². The van der Waals surface area contributed by atoms with E-state index < -0.39 is 0 Å². The first-order valence-corrected chi connectivity index (χ1v) is 6.77. The highest BCUT2D eigenvalue weighted by Gasteiger charge is 2.12. The van der Waals surface area contributed by atoms with Gasteiger partial charge in [-0.1, -0.05) is 12.1 Å². The second-order valence-corrected chi connectivity index (χ2v) is 4.99. The Bertz CT molecular complexity index is 506. The minimum absolute atomic E-state index is 0.0480. The van der Waals surface area contributed by atoms with E-state index >= 15 is 0 Å². The number of esters is 1. The van der Waals surface area contributed by atoms with Gasteiger partial charge in [-0.2, -0.15) is 0 Å². The van der Waals surface area contributed by atoms with Crippen LogP contribution >= 0.6 is 11.3 Å². The molecule has 0 fully saturated rings. The van der Waals surface area contributed by atoms with Crippen LogP contribution in [-0.4, -0.2) is 24.1 Å². The first-order chi connectivity index (χ1) is 8.70. The van der Waals surface area contributed by atoms with Crippen molar-refractivity contribution in [2.24, 2.45) is 0 Å². The van der Waals surface area contributed by atoms with Gasteiger partial charge in [0.1, 0.15) is 5.01 Å². The molecule has 0 amide bonds. The highest BCUT2D eigenvalue weighted by Crippen LogP contribution is 2.25. The first kappa shape index (κ1) is 13.0. The van der Waals surface area contributed by atoms with Crippen molar-refractivity contribution < 1.29 is 9.53 Å². The fourth-order valence-electron chi connectivity index (χ4n) is 1.61. The van der Waals surface area contributed by atoms with Crippen molar-refractivity contribution in [3.8, 4) is 0 Å². The Labute approximate surface area is 110 Å². The van der Waals surface area contributed by atoms with Crippen molar-refractivity contribution in [1.82, 2.24) is 10.3 Å². The molecule has 1 aromatic carbocycles. The van der Waals surface area contributed by atoms with Gasteiger partial charge in [-0.05, 0) is 26.0 Å². The molecule has 1 heterocycles. The van der Waals surface area contributed by atoms with Crippen LogP contribution in [0.3, 0.4) is 0 Å². The second kappa shape index (κ2) is 5.93. The van der Waals surface area contributed by atoms with Crippen molar-refractivity contribution in [2.75, 3.05) is 13.2 Å². The lowest BCUT2D eigenvalue weighted by atomic mass is 10.3. The number of benzene rings is 1. The lowest BCUT2D eigenvalue weighted by Crippen LogP contribution is -2.27. The maximum Gasteiger partial charge on any atom is 0.319 e. The molecular formula is C13H16N2O2S. The number of nitrogens with zero attached hydrogens (tertiary/aromatic N) is 1. The molecule has 1 N–H and O–H groups in total. The highest BCUT2D eigenvalue weighted by atomic mass is 32.1. The van der Waals surface area contributed by atoms with Gasteiger partial charge in [0.05, 0.1) is 29.4 Å². The third-order valence-electron chi connectivity index (χ3n) is 2.54. The van der Waals surface area contributed by atoms with Crippen LogP contribution in [0, 0.1) is 0 Å². The smallest absolute Gasteiger partial charge is 0.319 e. The zero-order valence-corrected chi connectivity index (χ0v) is 11.3. The number of ether oxygens (including phenoxy) is 1. The predicted molar refractivity (Wildman–Crippen MR) is 72.7 cm³/mol. The molecule has 1 aromatic heterocycles. The maximum absolute atomic E-state index is 11.2. The van der Waals surface area contributed by atoms with Crippen LogP contribution in [-0.2, 0) is 9.53 Å². The molecular weight excluding hydrogens is 248 g/mol. The SMILES string of the molecule is CCOC(=O)CNC(C)c1nc2ccccc2s1. The average molecular weight is 264 g/mol. The minimum Gasteiger partial charge on any atom is -0.465 e. The predicted octanol–water partition coefficient (Wildman–Crippen LogP) is 2.51. The van der Waals surface area contributed by atoms with Gasteiger partial charge in [-0.3, -0.25) is 10.1 Å². The van der Waals surface area contributed by atoms with E-state index in [2.05, 4.69) is 16.4 Å². The Hall–Kier alpha value is -1.46. The molecule has 0 bridgehead atoms. The van der Waals surface area contributed by atoms with Gasteiger partial charge in [-0.25, -0.2) is 4.98 Å². The van der Waals surface area contributed by atoms with Crippen LogP contribution in [0.4, 0.5) is 0 Å². The number of fused-ring (bicyclic) bond motifs is 1. The summed E-state index contributed by atoms with van der Waals surface area (Å²) in [5, 5.41) is 4.10. The number of carbonyl (C=O) groups is 1. The molecule has 18 heavy (non-hydrogen) atoms. The monoisotopic (exact) mass is 264 g/mol. The van der Waals surface area contributed by atoms with Crippen molar-refractivity contribution in [1.29, 1.82) is 0 Å². The minimum atomic E-state index is -0.231. The highest BCUT2D eigenvalue weighted by molar-refractivity contribution is 7.18. The molecule has 0 aliphatic rings. The normalized spacial score (nSPS) is 12.6. The van der Waals surface area contributed by atoms with E-state index in [0.717, 1.165) is 15.2 Å². The number of rotatable bonds is 5. The van der Waals surface area contributed by atoms with Gasteiger partial charge in [0.2, 0.25) is 0 Å². The molecule has 4 nitrogen and oxygen atoms in total. The average Bonchev–Trinajstić information content (AvgIpc) is 2.80. The third kappa shape index (κ3) is 3.05. The maximum atomic E-state index is 11.2. The number of thiazole rings is 1. The molecule has 0 radical (unpaired) electrons. The van der Waals surface area contributed by atoms with Crippen LogP contribution in [0.5, 0.6) is 0 Å². The third-order valence-corrected chi connectivity index (χ3v) is 3.76. The summed E-state index contributed by atoms with van der Waals surface area (Å²) in [5.41, 5.74) is 1.00. The number of para-hydroxylation sites is 1. The Balaban J connectivity index is 2.00. The Morgan fingerprint density at radius 3 is 3.00 bits per heavy atom. The van der Waals surface area contributed by atoms with Crippen LogP contribution in [0.15, 0.2) is 24.3 Å². The van der Waals surface area contributed by atoms with E-state index in [1.807, 2.05) is 25.1 Å². The second-order valence-electron chi connectivity index (χ2n) is 3.93. The molecule has 1 atom stereocenters. The van der Waals surface area contributed by atoms with Gasteiger partial charge in [0, 0.05) is 0 Å². The zero-order chi connectivity index (χ0) is 13.0. The number of hydrogen-bond donors (Lipinski definition) is 1. The molecule has 0 spiro atoms. The Morgan fingerprint density at radius 1 is 1.50 bits per heavy atom.